The van der Waals surface area contributed by atoms with Crippen LogP contribution in [0.4, 0.5) is 0 Å². The minimum atomic E-state index is -0.724. The van der Waals surface area contributed by atoms with Gasteiger partial charge in [-0.15, -0.1) is 0 Å². The number of aliphatic hydroxyl groups excluding tert-OH is 1. The highest BCUT2D eigenvalue weighted by Crippen LogP contribution is 2.35. The fraction of sp³-hybridized carbons (Fsp3) is 1.00. The molecule has 0 aromatic heterocycles. The van der Waals surface area contributed by atoms with Gasteiger partial charge in [-0.3, -0.25) is 0 Å². The van der Waals surface area contributed by atoms with Crippen LogP contribution in [-0.2, 0) is 9.47 Å². The maximum absolute atomic E-state index is 10.3. The molecule has 0 saturated carbocycles. The van der Waals surface area contributed by atoms with E-state index in [0.29, 0.717) is 5.92 Å². The van der Waals surface area contributed by atoms with Crippen molar-refractivity contribution in [3.05, 3.63) is 0 Å². The molecule has 1 heterocycles. The molecule has 0 radical (unpaired) electrons. The number of ether oxygens (including phenoxy) is 2. The zero-order valence-corrected chi connectivity index (χ0v) is 11.7. The number of hydrogen-bond donors (Lipinski definition) is 1. The molecule has 1 fully saturated rings. The largest absolute Gasteiger partial charge is 0.367 e. The van der Waals surface area contributed by atoms with Crippen LogP contribution >= 0.6 is 0 Å². The Morgan fingerprint density at radius 3 is 2.59 bits per heavy atom. The summed E-state index contributed by atoms with van der Waals surface area (Å²) in [4.78, 5) is 0. The first-order valence-corrected chi connectivity index (χ1v) is 6.93. The molecule has 0 amide bonds. The van der Waals surface area contributed by atoms with E-state index in [9.17, 15) is 5.11 Å². The molecule has 0 bridgehead atoms. The van der Waals surface area contributed by atoms with Gasteiger partial charge in [0.1, 0.15) is 0 Å². The van der Waals surface area contributed by atoms with Crippen LogP contribution in [0.15, 0.2) is 0 Å². The van der Waals surface area contributed by atoms with E-state index in [-0.39, 0.29) is 11.7 Å². The van der Waals surface area contributed by atoms with Gasteiger partial charge >= 0.3 is 0 Å². The Balaban J connectivity index is 2.49. The third-order valence-electron chi connectivity index (χ3n) is 3.70. The highest BCUT2D eigenvalue weighted by atomic mass is 16.7. The standard InChI is InChI=1S/C14H28O3/c1-5-14(4,10-11(2)3)13(15)17-12-8-6-7-9-16-12/h11-13,15H,5-10H2,1-4H3. The minimum Gasteiger partial charge on any atom is -0.367 e. The van der Waals surface area contributed by atoms with Gasteiger partial charge < -0.3 is 14.6 Å². The van der Waals surface area contributed by atoms with Crippen LogP contribution in [0, 0.1) is 11.3 Å². The van der Waals surface area contributed by atoms with E-state index in [0.717, 1.165) is 38.7 Å². The molecule has 1 rings (SSSR count). The van der Waals surface area contributed by atoms with Crippen molar-refractivity contribution < 1.29 is 14.6 Å². The minimum absolute atomic E-state index is 0.172. The van der Waals surface area contributed by atoms with Gasteiger partial charge in [0.2, 0.25) is 0 Å². The van der Waals surface area contributed by atoms with Gasteiger partial charge in [-0.25, -0.2) is 0 Å². The van der Waals surface area contributed by atoms with Crippen LogP contribution in [0.25, 0.3) is 0 Å². The van der Waals surface area contributed by atoms with E-state index in [2.05, 4.69) is 27.7 Å². The van der Waals surface area contributed by atoms with E-state index < -0.39 is 6.29 Å². The second-order valence-electron chi connectivity index (χ2n) is 5.89. The molecule has 3 unspecified atom stereocenters. The Morgan fingerprint density at radius 2 is 2.12 bits per heavy atom. The molecule has 1 aliphatic rings. The van der Waals surface area contributed by atoms with Crippen molar-refractivity contribution in [3.63, 3.8) is 0 Å². The lowest BCUT2D eigenvalue weighted by Gasteiger charge is -2.37. The summed E-state index contributed by atoms with van der Waals surface area (Å²) >= 11 is 0. The predicted molar refractivity (Wildman–Crippen MR) is 68.5 cm³/mol. The summed E-state index contributed by atoms with van der Waals surface area (Å²) in [7, 11) is 0. The van der Waals surface area contributed by atoms with Crippen molar-refractivity contribution in [3.8, 4) is 0 Å². The zero-order chi connectivity index (χ0) is 12.9. The summed E-state index contributed by atoms with van der Waals surface area (Å²) in [5.41, 5.74) is -0.172. The summed E-state index contributed by atoms with van der Waals surface area (Å²) < 4.78 is 11.2. The van der Waals surface area contributed by atoms with Crippen molar-refractivity contribution in [2.75, 3.05) is 6.61 Å². The first-order valence-electron chi connectivity index (χ1n) is 6.93. The summed E-state index contributed by atoms with van der Waals surface area (Å²) in [5, 5.41) is 10.3. The molecular formula is C14H28O3. The molecule has 0 aromatic carbocycles. The molecule has 3 atom stereocenters. The quantitative estimate of drug-likeness (QED) is 0.728. The Morgan fingerprint density at radius 1 is 1.41 bits per heavy atom. The lowest BCUT2D eigenvalue weighted by molar-refractivity contribution is -0.275. The first kappa shape index (κ1) is 14.9. The highest BCUT2D eigenvalue weighted by Gasteiger charge is 2.35. The molecule has 1 saturated heterocycles. The van der Waals surface area contributed by atoms with E-state index in [1.807, 2.05) is 0 Å². The Labute approximate surface area is 105 Å². The van der Waals surface area contributed by atoms with E-state index >= 15 is 0 Å². The zero-order valence-electron chi connectivity index (χ0n) is 11.7. The Kier molecular flexibility index (Phi) is 5.90. The molecular weight excluding hydrogens is 216 g/mol. The van der Waals surface area contributed by atoms with Gasteiger partial charge in [0.15, 0.2) is 12.6 Å². The summed E-state index contributed by atoms with van der Waals surface area (Å²) in [6.07, 6.45) is 4.08. The fourth-order valence-corrected chi connectivity index (χ4v) is 2.48. The van der Waals surface area contributed by atoms with Crippen molar-refractivity contribution in [1.82, 2.24) is 0 Å². The number of hydrogen-bond acceptors (Lipinski definition) is 3. The Bertz CT molecular complexity index is 212. The Hall–Kier alpha value is -0.120. The van der Waals surface area contributed by atoms with Crippen molar-refractivity contribution >= 4 is 0 Å². The van der Waals surface area contributed by atoms with Crippen LogP contribution < -0.4 is 0 Å². The molecule has 1 N–H and O–H groups in total. The first-order chi connectivity index (χ1) is 7.98. The third-order valence-corrected chi connectivity index (χ3v) is 3.70. The fourth-order valence-electron chi connectivity index (χ4n) is 2.48. The van der Waals surface area contributed by atoms with Gasteiger partial charge in [0.25, 0.3) is 0 Å². The molecule has 0 aliphatic carbocycles. The third kappa shape index (κ3) is 4.57. The van der Waals surface area contributed by atoms with Gasteiger partial charge in [-0.05, 0) is 38.0 Å². The molecule has 3 heteroatoms. The van der Waals surface area contributed by atoms with Crippen LogP contribution in [0.5, 0.6) is 0 Å². The van der Waals surface area contributed by atoms with Crippen molar-refractivity contribution in [2.24, 2.45) is 11.3 Å². The number of rotatable bonds is 6. The summed E-state index contributed by atoms with van der Waals surface area (Å²) in [6, 6.07) is 0. The van der Waals surface area contributed by atoms with Crippen LogP contribution in [0.1, 0.15) is 59.8 Å². The van der Waals surface area contributed by atoms with Crippen LogP contribution in [0.2, 0.25) is 0 Å². The molecule has 0 spiro atoms. The second-order valence-corrected chi connectivity index (χ2v) is 5.89. The lowest BCUT2D eigenvalue weighted by atomic mass is 9.79. The summed E-state index contributed by atoms with van der Waals surface area (Å²) in [5.74, 6) is 0.561. The average Bonchev–Trinajstić information content (AvgIpc) is 2.29. The lowest BCUT2D eigenvalue weighted by Crippen LogP contribution is -2.39. The van der Waals surface area contributed by atoms with Crippen molar-refractivity contribution in [2.45, 2.75) is 72.4 Å². The molecule has 0 aromatic rings. The van der Waals surface area contributed by atoms with Crippen LogP contribution in [0.3, 0.4) is 0 Å². The topological polar surface area (TPSA) is 38.7 Å². The highest BCUT2D eigenvalue weighted by molar-refractivity contribution is 4.77. The summed E-state index contributed by atoms with van der Waals surface area (Å²) in [6.45, 7) is 9.32. The number of aliphatic hydroxyl groups is 1. The predicted octanol–water partition coefficient (Wildman–Crippen LogP) is 3.31. The van der Waals surface area contributed by atoms with E-state index in [1.165, 1.54) is 0 Å². The van der Waals surface area contributed by atoms with Gasteiger partial charge in [0.05, 0.1) is 0 Å². The van der Waals surface area contributed by atoms with E-state index in [4.69, 9.17) is 9.47 Å². The van der Waals surface area contributed by atoms with Gasteiger partial charge in [-0.2, -0.15) is 0 Å². The normalized spacial score (nSPS) is 26.8. The van der Waals surface area contributed by atoms with Gasteiger partial charge in [-0.1, -0.05) is 27.7 Å². The maximum Gasteiger partial charge on any atom is 0.163 e. The SMILES string of the molecule is CCC(C)(CC(C)C)C(O)OC1CCCCO1. The monoisotopic (exact) mass is 244 g/mol. The molecule has 17 heavy (non-hydrogen) atoms. The molecule has 3 nitrogen and oxygen atoms in total. The van der Waals surface area contributed by atoms with E-state index in [1.54, 1.807) is 0 Å². The molecule has 1 aliphatic heterocycles. The second kappa shape index (κ2) is 6.72. The van der Waals surface area contributed by atoms with Crippen molar-refractivity contribution in [1.29, 1.82) is 0 Å². The van der Waals surface area contributed by atoms with Gasteiger partial charge in [0, 0.05) is 12.0 Å². The maximum atomic E-state index is 10.3. The average molecular weight is 244 g/mol. The molecule has 102 valence electrons. The van der Waals surface area contributed by atoms with Crippen LogP contribution in [-0.4, -0.2) is 24.3 Å². The smallest absolute Gasteiger partial charge is 0.163 e.